The van der Waals surface area contributed by atoms with Crippen molar-refractivity contribution in [3.05, 3.63) is 37.0 Å². The lowest BCUT2D eigenvalue weighted by Gasteiger charge is -2.35. The maximum atomic E-state index is 5.71. The average Bonchev–Trinajstić information content (AvgIpc) is 2.86. The van der Waals surface area contributed by atoms with Gasteiger partial charge in [-0.05, 0) is 12.6 Å². The van der Waals surface area contributed by atoms with E-state index in [0.717, 1.165) is 43.6 Å². The Morgan fingerprint density at radius 3 is 2.47 bits per heavy atom. The smallest absolute Gasteiger partial charge is 0.145 e. The summed E-state index contributed by atoms with van der Waals surface area (Å²) in [7, 11) is 2.15. The predicted octanol–water partition coefficient (Wildman–Crippen LogP) is 3.55. The number of rotatable bonds is 3. The summed E-state index contributed by atoms with van der Waals surface area (Å²) in [6.07, 6.45) is 8.51. The van der Waals surface area contributed by atoms with Crippen LogP contribution in [0.3, 0.4) is 0 Å². The standard InChI is InChI=1S/C14H20N2O.C2H6/c1-4-6-12(5-2)13-11-14(17-15-13)7-9-16(3)10-8-14;1-2/h4-6H,1-2,7-11H2,3H3;1-2H3/b12-6+;. The van der Waals surface area contributed by atoms with E-state index in [2.05, 4.69) is 30.3 Å². The van der Waals surface area contributed by atoms with Gasteiger partial charge in [0, 0.05) is 32.4 Å². The molecule has 1 spiro atoms. The van der Waals surface area contributed by atoms with Gasteiger partial charge in [0.25, 0.3) is 0 Å². The molecule has 1 fully saturated rings. The lowest BCUT2D eigenvalue weighted by atomic mass is 9.85. The third-order valence-electron chi connectivity index (χ3n) is 3.59. The molecule has 0 atom stereocenters. The Bertz CT molecular complexity index is 374. The first kappa shape index (κ1) is 15.7. The van der Waals surface area contributed by atoms with Gasteiger partial charge < -0.3 is 9.74 Å². The lowest BCUT2D eigenvalue weighted by molar-refractivity contribution is -0.0578. The fraction of sp³-hybridized carbons (Fsp3) is 0.562. The summed E-state index contributed by atoms with van der Waals surface area (Å²) in [6, 6.07) is 0. The van der Waals surface area contributed by atoms with Gasteiger partial charge in [-0.2, -0.15) is 0 Å². The normalized spacial score (nSPS) is 22.1. The van der Waals surface area contributed by atoms with Crippen molar-refractivity contribution in [2.24, 2.45) is 5.16 Å². The minimum atomic E-state index is -0.0644. The SMILES string of the molecule is C=C/C=C(\C=C)C1=NOC2(CCN(C)CC2)C1.CC. The van der Waals surface area contributed by atoms with Crippen LogP contribution in [0.4, 0.5) is 0 Å². The number of oxime groups is 1. The summed E-state index contributed by atoms with van der Waals surface area (Å²) in [5, 5.41) is 4.24. The van der Waals surface area contributed by atoms with Crippen molar-refractivity contribution >= 4 is 5.71 Å². The number of piperidine rings is 1. The topological polar surface area (TPSA) is 24.8 Å². The van der Waals surface area contributed by atoms with E-state index in [-0.39, 0.29) is 5.60 Å². The molecular weight excluding hydrogens is 236 g/mol. The molecule has 0 N–H and O–H groups in total. The number of nitrogens with zero attached hydrogens (tertiary/aromatic N) is 2. The molecule has 0 amide bonds. The molecule has 0 aliphatic carbocycles. The molecule has 2 aliphatic heterocycles. The minimum absolute atomic E-state index is 0.0644. The fourth-order valence-electron chi connectivity index (χ4n) is 2.38. The molecule has 0 radical (unpaired) electrons. The highest BCUT2D eigenvalue weighted by molar-refractivity contribution is 6.03. The Labute approximate surface area is 117 Å². The number of hydrogen-bond acceptors (Lipinski definition) is 3. The van der Waals surface area contributed by atoms with Crippen LogP contribution in [0.2, 0.25) is 0 Å². The van der Waals surface area contributed by atoms with Crippen molar-refractivity contribution in [3.8, 4) is 0 Å². The molecule has 0 unspecified atom stereocenters. The van der Waals surface area contributed by atoms with E-state index in [1.807, 2.05) is 26.0 Å². The molecule has 0 saturated carbocycles. The number of likely N-dealkylation sites (tertiary alicyclic amines) is 1. The van der Waals surface area contributed by atoms with E-state index in [1.54, 1.807) is 6.08 Å². The van der Waals surface area contributed by atoms with E-state index >= 15 is 0 Å². The van der Waals surface area contributed by atoms with Crippen LogP contribution in [-0.4, -0.2) is 36.3 Å². The van der Waals surface area contributed by atoms with E-state index in [0.29, 0.717) is 0 Å². The molecule has 1 saturated heterocycles. The van der Waals surface area contributed by atoms with Gasteiger partial charge >= 0.3 is 0 Å². The van der Waals surface area contributed by atoms with Gasteiger partial charge in [-0.15, -0.1) is 0 Å². The van der Waals surface area contributed by atoms with Crippen LogP contribution < -0.4 is 0 Å². The van der Waals surface area contributed by atoms with Crippen LogP contribution in [0, 0.1) is 0 Å². The fourth-order valence-corrected chi connectivity index (χ4v) is 2.38. The van der Waals surface area contributed by atoms with Crippen molar-refractivity contribution in [3.63, 3.8) is 0 Å². The van der Waals surface area contributed by atoms with Crippen LogP contribution in [0.5, 0.6) is 0 Å². The zero-order valence-corrected chi connectivity index (χ0v) is 12.5. The van der Waals surface area contributed by atoms with Gasteiger partial charge in [0.1, 0.15) is 5.60 Å². The van der Waals surface area contributed by atoms with E-state index in [1.165, 1.54) is 0 Å². The summed E-state index contributed by atoms with van der Waals surface area (Å²) in [5.74, 6) is 0. The van der Waals surface area contributed by atoms with E-state index in [9.17, 15) is 0 Å². The minimum Gasteiger partial charge on any atom is -0.388 e. The molecule has 0 aromatic carbocycles. The molecule has 2 rings (SSSR count). The van der Waals surface area contributed by atoms with Crippen molar-refractivity contribution in [1.82, 2.24) is 4.90 Å². The van der Waals surface area contributed by atoms with Crippen molar-refractivity contribution in [1.29, 1.82) is 0 Å². The van der Waals surface area contributed by atoms with Crippen LogP contribution in [-0.2, 0) is 4.84 Å². The zero-order valence-electron chi connectivity index (χ0n) is 12.5. The highest BCUT2D eigenvalue weighted by Gasteiger charge is 2.41. The molecule has 2 heterocycles. The Morgan fingerprint density at radius 1 is 1.32 bits per heavy atom. The molecule has 3 heteroatoms. The van der Waals surface area contributed by atoms with Gasteiger partial charge in [0.05, 0.1) is 5.71 Å². The summed E-state index contributed by atoms with van der Waals surface area (Å²) < 4.78 is 0. The second-order valence-electron chi connectivity index (χ2n) is 4.85. The maximum Gasteiger partial charge on any atom is 0.145 e. The van der Waals surface area contributed by atoms with Crippen molar-refractivity contribution in [2.45, 2.75) is 38.7 Å². The Hall–Kier alpha value is -1.35. The van der Waals surface area contributed by atoms with Crippen molar-refractivity contribution < 1.29 is 4.84 Å². The first-order valence-electron chi connectivity index (χ1n) is 7.08. The van der Waals surface area contributed by atoms with E-state index < -0.39 is 0 Å². The van der Waals surface area contributed by atoms with Crippen molar-refractivity contribution in [2.75, 3.05) is 20.1 Å². The molecule has 3 nitrogen and oxygen atoms in total. The van der Waals surface area contributed by atoms with Gasteiger partial charge in [-0.25, -0.2) is 0 Å². The van der Waals surface area contributed by atoms with Crippen LogP contribution in [0.1, 0.15) is 33.1 Å². The summed E-state index contributed by atoms with van der Waals surface area (Å²) in [4.78, 5) is 8.04. The first-order chi connectivity index (χ1) is 9.19. The Morgan fingerprint density at radius 2 is 1.95 bits per heavy atom. The molecule has 0 aromatic rings. The van der Waals surface area contributed by atoms with Gasteiger partial charge in [0.2, 0.25) is 0 Å². The summed E-state index contributed by atoms with van der Waals surface area (Å²) in [5.41, 5.74) is 1.96. The Balaban J connectivity index is 0.000000861. The van der Waals surface area contributed by atoms with Gasteiger partial charge in [0.15, 0.2) is 0 Å². The monoisotopic (exact) mass is 262 g/mol. The number of allylic oxidation sites excluding steroid dienone is 4. The number of hydrogen-bond donors (Lipinski definition) is 0. The second-order valence-corrected chi connectivity index (χ2v) is 4.85. The van der Waals surface area contributed by atoms with Crippen LogP contribution in [0.25, 0.3) is 0 Å². The third-order valence-corrected chi connectivity index (χ3v) is 3.59. The first-order valence-corrected chi connectivity index (χ1v) is 7.08. The average molecular weight is 262 g/mol. The molecule has 0 aromatic heterocycles. The summed E-state index contributed by atoms with van der Waals surface area (Å²) >= 11 is 0. The summed E-state index contributed by atoms with van der Waals surface area (Å²) in [6.45, 7) is 13.7. The second kappa shape index (κ2) is 7.29. The lowest BCUT2D eigenvalue weighted by Crippen LogP contribution is -2.42. The predicted molar refractivity (Wildman–Crippen MR) is 82.4 cm³/mol. The zero-order chi connectivity index (χ0) is 14.3. The van der Waals surface area contributed by atoms with E-state index in [4.69, 9.17) is 4.84 Å². The van der Waals surface area contributed by atoms with Crippen LogP contribution in [0.15, 0.2) is 42.1 Å². The Kier molecular flexibility index (Phi) is 6.03. The molecule has 106 valence electrons. The molecule has 19 heavy (non-hydrogen) atoms. The molecular formula is C16H26N2O. The third kappa shape index (κ3) is 3.80. The molecule has 2 aliphatic rings. The highest BCUT2D eigenvalue weighted by atomic mass is 16.7. The quantitative estimate of drug-likeness (QED) is 0.727. The van der Waals surface area contributed by atoms with Gasteiger partial charge in [-0.3, -0.25) is 0 Å². The molecule has 0 bridgehead atoms. The van der Waals surface area contributed by atoms with Gasteiger partial charge in [-0.1, -0.05) is 50.4 Å². The largest absolute Gasteiger partial charge is 0.388 e. The highest BCUT2D eigenvalue weighted by Crippen LogP contribution is 2.35. The maximum absolute atomic E-state index is 5.71. The van der Waals surface area contributed by atoms with Crippen LogP contribution >= 0.6 is 0 Å².